The van der Waals surface area contributed by atoms with Gasteiger partial charge in [0, 0.05) is 11.1 Å². The highest BCUT2D eigenvalue weighted by atomic mass is 19.2. The predicted molar refractivity (Wildman–Crippen MR) is 168 cm³/mol. The second-order valence-corrected chi connectivity index (χ2v) is 11.6. The first kappa shape index (κ1) is 38.9. The topological polar surface area (TPSA) is 164 Å². The van der Waals surface area contributed by atoms with Crippen LogP contribution in [0, 0.1) is 117 Å². The summed E-state index contributed by atoms with van der Waals surface area (Å²) in [6.45, 7) is 7.76. The molecule has 0 bridgehead atoms. The van der Waals surface area contributed by atoms with Gasteiger partial charge in [-0.05, 0) is 19.1 Å². The van der Waals surface area contributed by atoms with Crippen molar-refractivity contribution in [1.29, 1.82) is 15.8 Å². The van der Waals surface area contributed by atoms with Crippen molar-refractivity contribution in [3.05, 3.63) is 149 Å². The Hall–Kier alpha value is -8.31. The molecule has 0 saturated heterocycles. The van der Waals surface area contributed by atoms with Gasteiger partial charge >= 0.3 is 0 Å². The van der Waals surface area contributed by atoms with E-state index in [1.54, 1.807) is 6.07 Å². The summed E-state index contributed by atoms with van der Waals surface area (Å²) >= 11 is 0. The highest BCUT2D eigenvalue weighted by molar-refractivity contribution is 5.82. The van der Waals surface area contributed by atoms with Crippen LogP contribution in [0.25, 0.3) is 38.8 Å². The first-order valence-electron chi connectivity index (χ1n) is 15.4. The largest absolute Gasteiger partial charge is 0.262 e. The van der Waals surface area contributed by atoms with Crippen LogP contribution in [0.3, 0.4) is 0 Å². The summed E-state index contributed by atoms with van der Waals surface area (Å²) in [6, 6.07) is 6.27. The van der Waals surface area contributed by atoms with Gasteiger partial charge in [-0.15, -0.1) is 0 Å². The Morgan fingerprint density at radius 3 is 1.66 bits per heavy atom. The van der Waals surface area contributed by atoms with Crippen molar-refractivity contribution in [2.45, 2.75) is 6.92 Å². The predicted octanol–water partition coefficient (Wildman–Crippen LogP) is 5.90. The molecule has 2 aliphatic heterocycles. The molecule has 0 spiro atoms. The second-order valence-electron chi connectivity index (χ2n) is 11.6. The molecule has 4 aromatic carbocycles. The number of aromatic nitrogens is 3. The summed E-state index contributed by atoms with van der Waals surface area (Å²) < 4.78 is 175. The van der Waals surface area contributed by atoms with Gasteiger partial charge < -0.3 is 0 Å². The summed E-state index contributed by atoms with van der Waals surface area (Å²) in [7, 11) is 0. The number of nitrogens with zero attached hydrogens (tertiary/aromatic N) is 11. The minimum absolute atomic E-state index is 0.375. The third kappa shape index (κ3) is 5.71. The molecule has 23 heteroatoms. The molecule has 0 N–H and O–H groups in total. The van der Waals surface area contributed by atoms with E-state index in [2.05, 4.69) is 39.8 Å². The third-order valence-corrected chi connectivity index (χ3v) is 8.46. The molecule has 0 radical (unpaired) electrons. The Bertz CT molecular complexity index is 3270. The molecule has 0 saturated carbocycles. The fraction of sp³-hybridized carbons (Fsp3) is 0.0278. The molecule has 0 aliphatic carbocycles. The number of fused-ring (bicyclic) bond motifs is 2. The van der Waals surface area contributed by atoms with Crippen molar-refractivity contribution in [2.24, 2.45) is 20.0 Å². The Morgan fingerprint density at radius 1 is 0.559 bits per heavy atom. The van der Waals surface area contributed by atoms with E-state index < -0.39 is 160 Å². The van der Waals surface area contributed by atoms with E-state index in [9.17, 15) is 59.7 Å². The lowest BCUT2D eigenvalue weighted by Crippen LogP contribution is -2.31. The van der Waals surface area contributed by atoms with Crippen LogP contribution in [0.5, 0.6) is 0 Å². The molecular formula is C36H5F12N11. The normalized spacial score (nSPS) is 14.1. The van der Waals surface area contributed by atoms with E-state index in [1.165, 1.54) is 12.1 Å². The van der Waals surface area contributed by atoms with Crippen molar-refractivity contribution in [1.82, 2.24) is 15.0 Å². The third-order valence-electron chi connectivity index (χ3n) is 8.46. The number of allylic oxidation sites excluding steroid dienone is 2. The molecule has 1 aromatic heterocycles. The molecule has 0 atom stereocenters. The van der Waals surface area contributed by atoms with E-state index in [0.29, 0.717) is 0 Å². The molecular weight excluding hydrogens is 814 g/mol. The number of nitriles is 3. The molecule has 0 unspecified atom stereocenters. The first-order chi connectivity index (χ1) is 28.0. The Labute approximate surface area is 317 Å². The molecule has 0 fully saturated rings. The standard InChI is InChI=1S/C36H5F12N11/c1-8-16(37)21(42)27(48)31-28(8)54-34(56-31)12(7-51)35-57-32(58-36(59-35)15-19(40)22(43)24(45)23(44)20(15)41)9-3-4-13-29(10(9)5-49)55-33(53-13)11(6-50)14-17(38)25(46)30(52-2)26(47)18(14)39/h3-4H,1H3/b33-11+,34-12-. The summed E-state index contributed by atoms with van der Waals surface area (Å²) in [5.41, 5.74) is -9.22. The smallest absolute Gasteiger partial charge is 0.232 e. The van der Waals surface area contributed by atoms with Gasteiger partial charge in [-0.3, -0.25) is 0 Å². The van der Waals surface area contributed by atoms with Crippen LogP contribution >= 0.6 is 0 Å². The van der Waals surface area contributed by atoms with E-state index in [0.717, 1.165) is 19.1 Å². The average molecular weight is 819 g/mol. The molecule has 3 heterocycles. The Kier molecular flexibility index (Phi) is 9.25. The van der Waals surface area contributed by atoms with Gasteiger partial charge in [-0.1, -0.05) is 0 Å². The van der Waals surface area contributed by atoms with Crippen molar-refractivity contribution in [2.75, 3.05) is 0 Å². The molecule has 59 heavy (non-hydrogen) atoms. The highest BCUT2D eigenvalue weighted by Gasteiger charge is 2.33. The Balaban J connectivity index is 1.53. The quantitative estimate of drug-likeness (QED) is 0.0721. The highest BCUT2D eigenvalue weighted by Crippen LogP contribution is 2.36. The first-order valence-corrected chi connectivity index (χ1v) is 15.4. The van der Waals surface area contributed by atoms with Crippen LogP contribution in [0.4, 0.5) is 58.4 Å². The lowest BCUT2D eigenvalue weighted by atomic mass is 10.0. The zero-order valence-corrected chi connectivity index (χ0v) is 28.1. The number of hydrogen-bond acceptors (Lipinski definition) is 10. The van der Waals surface area contributed by atoms with Crippen LogP contribution < -0.4 is 21.4 Å². The van der Waals surface area contributed by atoms with Crippen LogP contribution in [-0.2, 0) is 0 Å². The fourth-order valence-electron chi connectivity index (χ4n) is 5.65. The van der Waals surface area contributed by atoms with E-state index >= 15 is 8.78 Å². The van der Waals surface area contributed by atoms with Crippen LogP contribution in [0.2, 0.25) is 0 Å². The van der Waals surface area contributed by atoms with E-state index in [4.69, 9.17) is 6.57 Å². The second kappa shape index (κ2) is 14.0. The van der Waals surface area contributed by atoms with Gasteiger partial charge in [-0.2, -0.15) is 15.8 Å². The van der Waals surface area contributed by atoms with Gasteiger partial charge in [-0.25, -0.2) is 92.5 Å². The van der Waals surface area contributed by atoms with E-state index in [1.807, 2.05) is 0 Å². The number of hydrogen-bond donors (Lipinski definition) is 0. The molecule has 288 valence electrons. The fourth-order valence-corrected chi connectivity index (χ4v) is 5.65. The average Bonchev–Trinajstić information content (AvgIpc) is 3.87. The zero-order chi connectivity index (χ0) is 42.9. The van der Waals surface area contributed by atoms with Crippen molar-refractivity contribution >= 4 is 16.8 Å². The van der Waals surface area contributed by atoms with E-state index in [-0.39, 0.29) is 5.36 Å². The summed E-state index contributed by atoms with van der Waals surface area (Å²) in [5.74, 6) is -32.0. The van der Waals surface area contributed by atoms with Gasteiger partial charge in [0.05, 0.1) is 28.6 Å². The lowest BCUT2D eigenvalue weighted by Gasteiger charge is -2.11. The van der Waals surface area contributed by atoms with Crippen molar-refractivity contribution < 1.29 is 52.7 Å². The Morgan fingerprint density at radius 2 is 1.08 bits per heavy atom. The maximum atomic E-state index is 15.2. The maximum absolute atomic E-state index is 15.2. The van der Waals surface area contributed by atoms with Gasteiger partial charge in [0.15, 0.2) is 93.1 Å². The minimum atomic E-state index is -2.60. The maximum Gasteiger partial charge on any atom is 0.262 e. The van der Waals surface area contributed by atoms with Crippen LogP contribution in [-0.4, -0.2) is 15.0 Å². The minimum Gasteiger partial charge on any atom is -0.232 e. The SMILES string of the molecule is [C-]#[N+]c1c(F)c(F)c(/C(C#N)=C2\N=c3ccc(-c4nc(/C(C#N)=C5/N=c6c(C)c(F)c(F)c(F)c6=N5)nc(-c5c(F)c(F)c(F)c(F)c5F)n4)c(C#N)c3=N2)c(F)c1F. The monoisotopic (exact) mass is 819 g/mol. The summed E-state index contributed by atoms with van der Waals surface area (Å²) in [4.78, 5) is 29.0. The van der Waals surface area contributed by atoms with Crippen LogP contribution in [0.15, 0.2) is 43.7 Å². The molecule has 0 amide bonds. The lowest BCUT2D eigenvalue weighted by molar-refractivity contribution is 0.380. The van der Waals surface area contributed by atoms with Gasteiger partial charge in [0.2, 0.25) is 5.82 Å². The number of rotatable bonds is 4. The molecule has 7 rings (SSSR count). The van der Waals surface area contributed by atoms with Gasteiger partial charge in [0.25, 0.3) is 5.69 Å². The summed E-state index contributed by atoms with van der Waals surface area (Å²) in [6.07, 6.45) is 0. The van der Waals surface area contributed by atoms with Crippen molar-refractivity contribution in [3.8, 4) is 41.0 Å². The van der Waals surface area contributed by atoms with Crippen molar-refractivity contribution in [3.63, 3.8) is 0 Å². The number of benzene rings is 4. The van der Waals surface area contributed by atoms with Gasteiger partial charge in [0.1, 0.15) is 45.4 Å². The molecule has 11 nitrogen and oxygen atoms in total. The zero-order valence-electron chi connectivity index (χ0n) is 28.1. The van der Waals surface area contributed by atoms with Crippen LogP contribution in [0.1, 0.15) is 22.5 Å². The molecule has 2 aliphatic rings. The molecule has 5 aromatic rings. The summed E-state index contributed by atoms with van der Waals surface area (Å²) in [5, 5.41) is 27.7. The number of halogens is 12.